The molecule has 0 fully saturated rings. The number of ether oxygens (including phenoxy) is 1. The van der Waals surface area contributed by atoms with Crippen LogP contribution in [0.25, 0.3) is 10.4 Å². The van der Waals surface area contributed by atoms with Crippen molar-refractivity contribution in [1.29, 1.82) is 0 Å². The maximum atomic E-state index is 5.58. The molecule has 0 aliphatic heterocycles. The van der Waals surface area contributed by atoms with Crippen molar-refractivity contribution in [2.24, 2.45) is 0 Å². The first-order valence-electron chi connectivity index (χ1n) is 8.67. The van der Waals surface area contributed by atoms with Gasteiger partial charge in [-0.1, -0.05) is 51.9 Å². The van der Waals surface area contributed by atoms with E-state index in [1.807, 2.05) is 11.3 Å². The number of halogens is 1. The van der Waals surface area contributed by atoms with Crippen LogP contribution >= 0.6 is 38.6 Å². The smallest absolute Gasteiger partial charge is 0.182 e. The number of hydrogen-bond donors (Lipinski definition) is 0. The van der Waals surface area contributed by atoms with Crippen molar-refractivity contribution in [3.8, 4) is 15.5 Å². The summed E-state index contributed by atoms with van der Waals surface area (Å²) in [5.41, 5.74) is 1.25. The summed E-state index contributed by atoms with van der Waals surface area (Å²) in [6.07, 6.45) is 12.2. The van der Waals surface area contributed by atoms with E-state index in [0.29, 0.717) is 0 Å². The third-order valence-electron chi connectivity index (χ3n) is 4.05. The van der Waals surface area contributed by atoms with Crippen LogP contribution in [-0.4, -0.2) is 7.11 Å². The van der Waals surface area contributed by atoms with Gasteiger partial charge in [0.2, 0.25) is 0 Å². The molecule has 0 amide bonds. The fourth-order valence-electron chi connectivity index (χ4n) is 2.76. The minimum Gasteiger partial charge on any atom is -0.487 e. The number of thiophene rings is 2. The molecule has 128 valence electrons. The molecule has 0 unspecified atom stereocenters. The van der Waals surface area contributed by atoms with Gasteiger partial charge in [0.25, 0.3) is 0 Å². The highest BCUT2D eigenvalue weighted by molar-refractivity contribution is 9.11. The molecule has 0 spiro atoms. The Labute approximate surface area is 157 Å². The first-order valence-corrected chi connectivity index (χ1v) is 11.1. The van der Waals surface area contributed by atoms with Crippen molar-refractivity contribution in [2.75, 3.05) is 7.11 Å². The van der Waals surface area contributed by atoms with Gasteiger partial charge < -0.3 is 4.74 Å². The lowest BCUT2D eigenvalue weighted by Crippen LogP contribution is -1.83. The van der Waals surface area contributed by atoms with E-state index < -0.39 is 0 Å². The lowest BCUT2D eigenvalue weighted by molar-refractivity contribution is 0.429. The molecule has 0 saturated heterocycles. The van der Waals surface area contributed by atoms with Crippen molar-refractivity contribution in [2.45, 2.75) is 64.7 Å². The van der Waals surface area contributed by atoms with Gasteiger partial charge in [-0.3, -0.25) is 0 Å². The Morgan fingerprint density at radius 1 is 0.957 bits per heavy atom. The Hall–Kier alpha value is -0.320. The third kappa shape index (κ3) is 6.24. The van der Waals surface area contributed by atoms with Crippen LogP contribution in [0.3, 0.4) is 0 Å². The van der Waals surface area contributed by atoms with Crippen molar-refractivity contribution in [3.05, 3.63) is 26.9 Å². The van der Waals surface area contributed by atoms with Crippen LogP contribution in [0.1, 0.15) is 63.2 Å². The Morgan fingerprint density at radius 2 is 1.65 bits per heavy atom. The van der Waals surface area contributed by atoms with Crippen LogP contribution in [0.4, 0.5) is 0 Å². The summed E-state index contributed by atoms with van der Waals surface area (Å²) >= 11 is 7.12. The molecule has 2 aromatic rings. The number of rotatable bonds is 11. The topological polar surface area (TPSA) is 9.23 Å². The van der Waals surface area contributed by atoms with E-state index in [4.69, 9.17) is 4.74 Å². The molecule has 1 nitrogen and oxygen atoms in total. The molecule has 0 radical (unpaired) electrons. The molecule has 23 heavy (non-hydrogen) atoms. The average Bonchev–Trinajstić information content (AvgIpc) is 3.15. The molecule has 0 aliphatic rings. The van der Waals surface area contributed by atoms with E-state index in [9.17, 15) is 0 Å². The summed E-state index contributed by atoms with van der Waals surface area (Å²) in [6, 6.07) is 6.59. The monoisotopic (exact) mass is 414 g/mol. The molecule has 0 N–H and O–H groups in total. The van der Waals surface area contributed by atoms with Crippen molar-refractivity contribution >= 4 is 38.6 Å². The zero-order valence-corrected chi connectivity index (χ0v) is 17.4. The second-order valence-electron chi connectivity index (χ2n) is 5.95. The molecule has 0 aliphatic carbocycles. The molecule has 2 rings (SSSR count). The van der Waals surface area contributed by atoms with E-state index >= 15 is 0 Å². The Balaban J connectivity index is 1.77. The molecule has 2 aromatic heterocycles. The summed E-state index contributed by atoms with van der Waals surface area (Å²) in [4.78, 5) is 2.74. The zero-order valence-electron chi connectivity index (χ0n) is 14.2. The SMILES string of the molecule is CCCCCCCCCCc1cc(-c2ccc(Br)s2)c(OC)s1. The van der Waals surface area contributed by atoms with Crippen LogP contribution in [0.5, 0.6) is 5.06 Å². The van der Waals surface area contributed by atoms with Gasteiger partial charge in [0.1, 0.15) is 0 Å². The molecular weight excluding hydrogens is 388 g/mol. The number of unbranched alkanes of at least 4 members (excludes halogenated alkanes) is 7. The van der Waals surface area contributed by atoms with Crippen LogP contribution < -0.4 is 4.74 Å². The predicted octanol–water partition coefficient (Wildman–Crippen LogP) is 7.93. The molecule has 0 atom stereocenters. The van der Waals surface area contributed by atoms with Gasteiger partial charge in [-0.15, -0.1) is 22.7 Å². The Bertz CT molecular complexity index is 574. The predicted molar refractivity (Wildman–Crippen MR) is 108 cm³/mol. The lowest BCUT2D eigenvalue weighted by Gasteiger charge is -2.00. The number of methoxy groups -OCH3 is 1. The fourth-order valence-corrected chi connectivity index (χ4v) is 5.25. The minimum absolute atomic E-state index is 1.05. The largest absolute Gasteiger partial charge is 0.487 e. The zero-order chi connectivity index (χ0) is 16.5. The van der Waals surface area contributed by atoms with E-state index in [-0.39, 0.29) is 0 Å². The Kier molecular flexibility index (Phi) is 8.70. The highest BCUT2D eigenvalue weighted by atomic mass is 79.9. The van der Waals surface area contributed by atoms with Crippen LogP contribution in [0, 0.1) is 0 Å². The van der Waals surface area contributed by atoms with Gasteiger partial charge in [-0.2, -0.15) is 0 Å². The summed E-state index contributed by atoms with van der Waals surface area (Å²) < 4.78 is 6.75. The summed E-state index contributed by atoms with van der Waals surface area (Å²) in [5.74, 6) is 0. The molecule has 0 bridgehead atoms. The lowest BCUT2D eigenvalue weighted by atomic mass is 10.1. The molecular formula is C19H27BrOS2. The molecule has 0 aromatic carbocycles. The summed E-state index contributed by atoms with van der Waals surface area (Å²) in [6.45, 7) is 2.28. The van der Waals surface area contributed by atoms with Gasteiger partial charge in [0, 0.05) is 15.3 Å². The van der Waals surface area contributed by atoms with E-state index in [2.05, 4.69) is 41.1 Å². The van der Waals surface area contributed by atoms with Crippen molar-refractivity contribution < 1.29 is 4.74 Å². The molecule has 0 saturated carbocycles. The average molecular weight is 415 g/mol. The molecule has 2 heterocycles. The van der Waals surface area contributed by atoms with Gasteiger partial charge in [0.05, 0.1) is 10.9 Å². The van der Waals surface area contributed by atoms with Crippen molar-refractivity contribution in [1.82, 2.24) is 0 Å². The number of aryl methyl sites for hydroxylation is 1. The maximum Gasteiger partial charge on any atom is 0.182 e. The number of hydrogen-bond acceptors (Lipinski definition) is 3. The third-order valence-corrected chi connectivity index (χ3v) is 6.86. The van der Waals surface area contributed by atoms with Gasteiger partial charge in [0.15, 0.2) is 5.06 Å². The van der Waals surface area contributed by atoms with Gasteiger partial charge in [-0.05, 0) is 47.0 Å². The van der Waals surface area contributed by atoms with Crippen LogP contribution in [0.15, 0.2) is 22.0 Å². The van der Waals surface area contributed by atoms with E-state index in [1.54, 1.807) is 18.4 Å². The van der Waals surface area contributed by atoms with Gasteiger partial charge >= 0.3 is 0 Å². The van der Waals surface area contributed by atoms with E-state index in [0.717, 1.165) is 5.06 Å². The first kappa shape index (κ1) is 19.0. The summed E-state index contributed by atoms with van der Waals surface area (Å²) in [5, 5.41) is 1.05. The normalized spacial score (nSPS) is 11.1. The standard InChI is InChI=1S/C19H27BrOS2/c1-3-4-5-6-7-8-9-10-11-15-14-16(19(21-2)22-15)17-12-13-18(20)23-17/h12-14H,3-11H2,1-2H3. The van der Waals surface area contributed by atoms with Gasteiger partial charge in [-0.25, -0.2) is 0 Å². The second kappa shape index (κ2) is 10.5. The Morgan fingerprint density at radius 3 is 2.26 bits per heavy atom. The maximum absolute atomic E-state index is 5.58. The second-order valence-corrected chi connectivity index (χ2v) is 9.51. The highest BCUT2D eigenvalue weighted by Crippen LogP contribution is 2.42. The van der Waals surface area contributed by atoms with Crippen LogP contribution in [-0.2, 0) is 6.42 Å². The minimum atomic E-state index is 1.05. The first-order chi connectivity index (χ1) is 11.2. The molecule has 4 heteroatoms. The fraction of sp³-hybridized carbons (Fsp3) is 0.579. The highest BCUT2D eigenvalue weighted by Gasteiger charge is 2.13. The van der Waals surface area contributed by atoms with Crippen LogP contribution in [0.2, 0.25) is 0 Å². The van der Waals surface area contributed by atoms with Crippen molar-refractivity contribution in [3.63, 3.8) is 0 Å². The summed E-state index contributed by atoms with van der Waals surface area (Å²) in [7, 11) is 1.78. The quantitative estimate of drug-likeness (QED) is 0.339. The van der Waals surface area contributed by atoms with E-state index in [1.165, 1.54) is 76.9 Å².